The quantitative estimate of drug-likeness (QED) is 0.744. The van der Waals surface area contributed by atoms with Crippen molar-refractivity contribution in [3.05, 3.63) is 12.2 Å². The largest absolute Gasteiger partial charge is 0.480 e. The molecular weight excluding hydrogens is 250 g/mol. The Morgan fingerprint density at radius 2 is 2.32 bits per heavy atom. The number of carboxylic acids is 1. The lowest BCUT2D eigenvalue weighted by atomic mass is 10.3. The topological polar surface area (TPSA) is 100 Å². The third-order valence-electron chi connectivity index (χ3n) is 2.83. The van der Waals surface area contributed by atoms with Gasteiger partial charge in [-0.15, -0.1) is 0 Å². The third kappa shape index (κ3) is 4.23. The predicted octanol–water partition coefficient (Wildman–Crippen LogP) is -0.179. The molecule has 8 nitrogen and oxygen atoms in total. The van der Waals surface area contributed by atoms with E-state index in [0.29, 0.717) is 18.3 Å². The number of carbonyl (C=O) groups excluding carboxylic acids is 1. The molecule has 0 bridgehead atoms. The van der Waals surface area contributed by atoms with Crippen molar-refractivity contribution in [3.63, 3.8) is 0 Å². The average Bonchev–Trinajstić information content (AvgIpc) is 3.06. The molecule has 0 atom stereocenters. The Hall–Kier alpha value is -2.12. The maximum absolute atomic E-state index is 11.9. The molecule has 2 N–H and O–H groups in total. The SMILES string of the molecule is Cn1cnc(CNC(=O)N(CC(=O)O)CC2CC2)n1. The number of urea groups is 1. The highest BCUT2D eigenvalue weighted by atomic mass is 16.4. The Bertz CT molecular complexity index is 469. The maximum atomic E-state index is 11.9. The molecule has 104 valence electrons. The number of aromatic nitrogens is 3. The molecule has 0 aliphatic heterocycles. The Morgan fingerprint density at radius 1 is 1.58 bits per heavy atom. The first-order valence-corrected chi connectivity index (χ1v) is 6.13. The highest BCUT2D eigenvalue weighted by molar-refractivity contribution is 5.80. The average molecular weight is 267 g/mol. The number of hydrogen-bond donors (Lipinski definition) is 2. The molecule has 2 amide bonds. The summed E-state index contributed by atoms with van der Waals surface area (Å²) in [6, 6.07) is -0.387. The molecule has 8 heteroatoms. The number of carboxylic acid groups (broad SMARTS) is 1. The van der Waals surface area contributed by atoms with Crippen molar-refractivity contribution < 1.29 is 14.7 Å². The molecule has 1 heterocycles. The maximum Gasteiger partial charge on any atom is 0.323 e. The van der Waals surface area contributed by atoms with E-state index in [1.54, 1.807) is 18.1 Å². The smallest absolute Gasteiger partial charge is 0.323 e. The van der Waals surface area contributed by atoms with Gasteiger partial charge in [0.25, 0.3) is 0 Å². The molecule has 0 spiro atoms. The summed E-state index contributed by atoms with van der Waals surface area (Å²) in [4.78, 5) is 28.0. The van der Waals surface area contributed by atoms with Gasteiger partial charge in [0.15, 0.2) is 5.82 Å². The van der Waals surface area contributed by atoms with Crippen LogP contribution in [0.25, 0.3) is 0 Å². The first kappa shape index (κ1) is 13.3. The molecule has 0 radical (unpaired) electrons. The van der Waals surface area contributed by atoms with Gasteiger partial charge in [0.1, 0.15) is 12.9 Å². The van der Waals surface area contributed by atoms with E-state index in [1.165, 1.54) is 4.90 Å². The third-order valence-corrected chi connectivity index (χ3v) is 2.83. The van der Waals surface area contributed by atoms with Crippen LogP contribution in [0.1, 0.15) is 18.7 Å². The van der Waals surface area contributed by atoms with E-state index in [0.717, 1.165) is 12.8 Å². The van der Waals surface area contributed by atoms with Crippen molar-refractivity contribution in [1.29, 1.82) is 0 Å². The number of hydrogen-bond acceptors (Lipinski definition) is 4. The molecule has 1 aliphatic rings. The summed E-state index contributed by atoms with van der Waals surface area (Å²) in [5.41, 5.74) is 0. The van der Waals surface area contributed by atoms with Gasteiger partial charge in [-0.25, -0.2) is 9.78 Å². The molecule has 0 aromatic carbocycles. The molecular formula is C11H17N5O3. The summed E-state index contributed by atoms with van der Waals surface area (Å²) in [7, 11) is 1.74. The number of rotatable bonds is 6. The van der Waals surface area contributed by atoms with Gasteiger partial charge in [-0.3, -0.25) is 9.48 Å². The number of amides is 2. The second kappa shape index (κ2) is 5.68. The van der Waals surface area contributed by atoms with E-state index < -0.39 is 5.97 Å². The van der Waals surface area contributed by atoms with Crippen LogP contribution in [0.5, 0.6) is 0 Å². The van der Waals surface area contributed by atoms with Crippen LogP contribution in [0.2, 0.25) is 0 Å². The Labute approximate surface area is 110 Å². The lowest BCUT2D eigenvalue weighted by Gasteiger charge is -2.20. The molecule has 19 heavy (non-hydrogen) atoms. The van der Waals surface area contributed by atoms with Gasteiger partial charge in [0, 0.05) is 13.6 Å². The van der Waals surface area contributed by atoms with Crippen LogP contribution >= 0.6 is 0 Å². The van der Waals surface area contributed by atoms with Gasteiger partial charge in [0.05, 0.1) is 6.54 Å². The van der Waals surface area contributed by atoms with E-state index in [-0.39, 0.29) is 19.1 Å². The van der Waals surface area contributed by atoms with Gasteiger partial charge in [0.2, 0.25) is 0 Å². The van der Waals surface area contributed by atoms with E-state index in [4.69, 9.17) is 5.11 Å². The molecule has 1 fully saturated rings. The van der Waals surface area contributed by atoms with E-state index in [1.807, 2.05) is 0 Å². The summed E-state index contributed by atoms with van der Waals surface area (Å²) >= 11 is 0. The lowest BCUT2D eigenvalue weighted by molar-refractivity contribution is -0.137. The molecule has 0 unspecified atom stereocenters. The van der Waals surface area contributed by atoms with Crippen molar-refractivity contribution in [2.45, 2.75) is 19.4 Å². The van der Waals surface area contributed by atoms with Gasteiger partial charge >= 0.3 is 12.0 Å². The van der Waals surface area contributed by atoms with Crippen molar-refractivity contribution in [2.75, 3.05) is 13.1 Å². The molecule has 2 rings (SSSR count). The fourth-order valence-corrected chi connectivity index (χ4v) is 1.73. The highest BCUT2D eigenvalue weighted by Gasteiger charge is 2.27. The van der Waals surface area contributed by atoms with Crippen molar-refractivity contribution in [3.8, 4) is 0 Å². The molecule has 1 aromatic heterocycles. The van der Waals surface area contributed by atoms with E-state index in [9.17, 15) is 9.59 Å². The number of aryl methyl sites for hydroxylation is 1. The number of aliphatic carboxylic acids is 1. The Balaban J connectivity index is 1.85. The van der Waals surface area contributed by atoms with Gasteiger partial charge < -0.3 is 15.3 Å². The van der Waals surface area contributed by atoms with Gasteiger partial charge in [-0.05, 0) is 18.8 Å². The van der Waals surface area contributed by atoms with Crippen molar-refractivity contribution >= 4 is 12.0 Å². The van der Waals surface area contributed by atoms with Crippen molar-refractivity contribution in [2.24, 2.45) is 13.0 Å². The Morgan fingerprint density at radius 3 is 2.84 bits per heavy atom. The molecule has 1 aromatic rings. The first-order chi connectivity index (χ1) is 9.04. The summed E-state index contributed by atoms with van der Waals surface area (Å²) in [5.74, 6) is -0.0672. The number of carbonyl (C=O) groups is 2. The van der Waals surface area contributed by atoms with Crippen LogP contribution in [0, 0.1) is 5.92 Å². The minimum Gasteiger partial charge on any atom is -0.480 e. The normalized spacial score (nSPS) is 14.2. The minimum absolute atomic E-state index is 0.195. The minimum atomic E-state index is -1.01. The lowest BCUT2D eigenvalue weighted by Crippen LogP contribution is -2.43. The monoisotopic (exact) mass is 267 g/mol. The standard InChI is InChI=1S/C11H17N5O3/c1-15-7-13-9(14-15)4-12-11(19)16(6-10(17)18)5-8-2-3-8/h7-8H,2-6H2,1H3,(H,12,19)(H,17,18). The number of nitrogens with zero attached hydrogens (tertiary/aromatic N) is 4. The van der Waals surface area contributed by atoms with Crippen LogP contribution in [0.15, 0.2) is 6.33 Å². The first-order valence-electron chi connectivity index (χ1n) is 6.13. The zero-order valence-corrected chi connectivity index (χ0v) is 10.7. The zero-order chi connectivity index (χ0) is 13.8. The second-order valence-electron chi connectivity index (χ2n) is 4.71. The van der Waals surface area contributed by atoms with Crippen LogP contribution in [-0.4, -0.2) is 49.9 Å². The molecule has 0 saturated heterocycles. The summed E-state index contributed by atoms with van der Waals surface area (Å²) in [5, 5.41) is 15.5. The molecule has 1 aliphatic carbocycles. The van der Waals surface area contributed by atoms with Crippen molar-refractivity contribution in [1.82, 2.24) is 25.0 Å². The fraction of sp³-hybridized carbons (Fsp3) is 0.636. The zero-order valence-electron chi connectivity index (χ0n) is 10.7. The molecule has 1 saturated carbocycles. The van der Waals surface area contributed by atoms with E-state index >= 15 is 0 Å². The van der Waals surface area contributed by atoms with Gasteiger partial charge in [-0.1, -0.05) is 0 Å². The predicted molar refractivity (Wildman–Crippen MR) is 65.2 cm³/mol. The summed E-state index contributed by atoms with van der Waals surface area (Å²) < 4.78 is 1.54. The van der Waals surface area contributed by atoms with E-state index in [2.05, 4.69) is 15.4 Å². The summed E-state index contributed by atoms with van der Waals surface area (Å²) in [6.45, 7) is 0.409. The van der Waals surface area contributed by atoms with Crippen LogP contribution in [0.3, 0.4) is 0 Å². The summed E-state index contributed by atoms with van der Waals surface area (Å²) in [6.07, 6.45) is 3.66. The van der Waals surface area contributed by atoms with Gasteiger partial charge in [-0.2, -0.15) is 5.10 Å². The van der Waals surface area contributed by atoms with Crippen LogP contribution in [0.4, 0.5) is 4.79 Å². The fourth-order valence-electron chi connectivity index (χ4n) is 1.73. The van der Waals surface area contributed by atoms with Crippen LogP contribution in [-0.2, 0) is 18.4 Å². The number of nitrogens with one attached hydrogen (secondary N) is 1. The second-order valence-corrected chi connectivity index (χ2v) is 4.71. The van der Waals surface area contributed by atoms with Crippen LogP contribution < -0.4 is 5.32 Å². The highest BCUT2D eigenvalue weighted by Crippen LogP contribution is 2.29. The Kier molecular flexibility index (Phi) is 3.98.